The van der Waals surface area contributed by atoms with Crippen molar-refractivity contribution in [2.24, 2.45) is 11.8 Å². The Balaban J connectivity index is 1.73. The maximum absolute atomic E-state index is 12.9. The summed E-state index contributed by atoms with van der Waals surface area (Å²) in [5.41, 5.74) is 0.915. The summed E-state index contributed by atoms with van der Waals surface area (Å²) in [5.74, 6) is -1.41. The highest BCUT2D eigenvalue weighted by Crippen LogP contribution is 2.42. The van der Waals surface area contributed by atoms with Crippen molar-refractivity contribution in [3.05, 3.63) is 83.9 Å². The molecule has 1 aliphatic rings. The molecule has 0 amide bonds. The zero-order chi connectivity index (χ0) is 26.5. The predicted octanol–water partition coefficient (Wildman–Crippen LogP) is 5.34. The first-order chi connectivity index (χ1) is 18.0. The van der Waals surface area contributed by atoms with E-state index in [1.807, 2.05) is 12.1 Å². The summed E-state index contributed by atoms with van der Waals surface area (Å²) in [4.78, 5) is 48.2. The molecule has 0 unspecified atom stereocenters. The summed E-state index contributed by atoms with van der Waals surface area (Å²) in [6.07, 6.45) is 7.52. The van der Waals surface area contributed by atoms with Crippen LogP contribution in [-0.4, -0.2) is 43.5 Å². The molecule has 2 aromatic carbocycles. The number of carbonyl (C=O) groups is 4. The summed E-state index contributed by atoms with van der Waals surface area (Å²) in [5, 5.41) is 0. The minimum atomic E-state index is -0.467. The molecule has 0 spiro atoms. The van der Waals surface area contributed by atoms with E-state index in [-0.39, 0.29) is 17.8 Å². The van der Waals surface area contributed by atoms with Gasteiger partial charge in [-0.05, 0) is 49.9 Å². The van der Waals surface area contributed by atoms with Gasteiger partial charge in [-0.1, -0.05) is 48.9 Å². The number of ether oxygens (including phenoxy) is 3. The minimum absolute atomic E-state index is 0.0641. The number of esters is 3. The summed E-state index contributed by atoms with van der Waals surface area (Å²) >= 11 is 0. The van der Waals surface area contributed by atoms with Crippen LogP contribution in [0.15, 0.2) is 72.8 Å². The van der Waals surface area contributed by atoms with Crippen molar-refractivity contribution in [2.75, 3.05) is 7.11 Å². The topological polar surface area (TPSA) is 96.0 Å². The maximum atomic E-state index is 12.9. The van der Waals surface area contributed by atoms with Gasteiger partial charge in [0.15, 0.2) is 0 Å². The van der Waals surface area contributed by atoms with Crippen LogP contribution in [-0.2, 0) is 23.8 Å². The molecule has 0 saturated heterocycles. The van der Waals surface area contributed by atoms with Gasteiger partial charge < -0.3 is 19.0 Å². The third kappa shape index (κ3) is 8.41. The molecule has 196 valence electrons. The normalized spacial score (nSPS) is 20.9. The number of rotatable bonds is 13. The van der Waals surface area contributed by atoms with Gasteiger partial charge in [0.25, 0.3) is 0 Å². The Labute approximate surface area is 217 Å². The maximum Gasteiger partial charge on any atom is 0.338 e. The fourth-order valence-electron chi connectivity index (χ4n) is 4.91. The monoisotopic (exact) mass is 506 g/mol. The van der Waals surface area contributed by atoms with E-state index < -0.39 is 24.1 Å². The van der Waals surface area contributed by atoms with Gasteiger partial charge in [0.2, 0.25) is 0 Å². The zero-order valence-corrected chi connectivity index (χ0v) is 21.1. The van der Waals surface area contributed by atoms with Gasteiger partial charge in [0.1, 0.15) is 18.5 Å². The van der Waals surface area contributed by atoms with E-state index in [2.05, 4.69) is 4.74 Å². The molecule has 0 bridgehead atoms. The molecule has 3 rings (SSSR count). The molecule has 0 radical (unpaired) electrons. The van der Waals surface area contributed by atoms with Gasteiger partial charge >= 0.3 is 17.9 Å². The lowest BCUT2D eigenvalue weighted by Gasteiger charge is -2.26. The first-order valence-electron chi connectivity index (χ1n) is 12.7. The average Bonchev–Trinajstić information content (AvgIpc) is 3.24. The second-order valence-electron chi connectivity index (χ2n) is 9.14. The molecule has 0 aliphatic heterocycles. The second-order valence-corrected chi connectivity index (χ2v) is 9.14. The predicted molar refractivity (Wildman–Crippen MR) is 138 cm³/mol. The van der Waals surface area contributed by atoms with E-state index in [1.165, 1.54) is 13.2 Å². The van der Waals surface area contributed by atoms with Crippen LogP contribution in [0.2, 0.25) is 0 Å². The molecule has 0 N–H and O–H groups in total. The molecular weight excluding hydrogens is 472 g/mol. The summed E-state index contributed by atoms with van der Waals surface area (Å²) in [6.45, 7) is 0. The minimum Gasteiger partial charge on any atom is -0.466 e. The van der Waals surface area contributed by atoms with Crippen molar-refractivity contribution in [1.29, 1.82) is 0 Å². The van der Waals surface area contributed by atoms with Crippen molar-refractivity contribution < 1.29 is 33.4 Å². The molecule has 1 fully saturated rings. The molecule has 1 aliphatic carbocycles. The first kappa shape index (κ1) is 27.8. The van der Waals surface area contributed by atoms with Crippen molar-refractivity contribution in [2.45, 2.75) is 57.2 Å². The molecule has 0 aromatic heterocycles. The lowest BCUT2D eigenvalue weighted by atomic mass is 9.85. The van der Waals surface area contributed by atoms with Gasteiger partial charge in [0.05, 0.1) is 18.2 Å². The Bertz CT molecular complexity index is 1050. The van der Waals surface area contributed by atoms with Crippen LogP contribution in [0.3, 0.4) is 0 Å². The molecule has 2 aromatic rings. The zero-order valence-electron chi connectivity index (χ0n) is 21.1. The number of aldehydes is 1. The van der Waals surface area contributed by atoms with E-state index in [4.69, 9.17) is 9.47 Å². The number of methoxy groups -OCH3 is 1. The molecule has 7 nitrogen and oxygen atoms in total. The summed E-state index contributed by atoms with van der Waals surface area (Å²) < 4.78 is 16.5. The van der Waals surface area contributed by atoms with Crippen LogP contribution >= 0.6 is 0 Å². The Morgan fingerprint density at radius 3 is 1.84 bits per heavy atom. The number of unbranched alkanes of at least 4 members (excludes halogenated alkanes) is 2. The van der Waals surface area contributed by atoms with Crippen LogP contribution in [0, 0.1) is 11.8 Å². The number of allylic oxidation sites excluding steroid dienone is 1. The third-order valence-electron chi connectivity index (χ3n) is 6.74. The van der Waals surface area contributed by atoms with Gasteiger partial charge in [-0.3, -0.25) is 0 Å². The van der Waals surface area contributed by atoms with Crippen LogP contribution in [0.5, 0.6) is 0 Å². The number of carbonyl (C=O) groups excluding carboxylic acids is 4. The Morgan fingerprint density at radius 1 is 0.784 bits per heavy atom. The fraction of sp³-hybridized carbons (Fsp3) is 0.400. The fourth-order valence-corrected chi connectivity index (χ4v) is 4.91. The van der Waals surface area contributed by atoms with Gasteiger partial charge in [-0.15, -0.1) is 0 Å². The highest BCUT2D eigenvalue weighted by molar-refractivity contribution is 5.90. The van der Waals surface area contributed by atoms with E-state index >= 15 is 0 Å². The van der Waals surface area contributed by atoms with Crippen molar-refractivity contribution >= 4 is 24.2 Å². The van der Waals surface area contributed by atoms with Crippen LogP contribution in [0.1, 0.15) is 65.7 Å². The highest BCUT2D eigenvalue weighted by atomic mass is 16.6. The van der Waals surface area contributed by atoms with Crippen molar-refractivity contribution in [3.8, 4) is 0 Å². The van der Waals surface area contributed by atoms with E-state index in [0.717, 1.165) is 25.5 Å². The number of hydrogen-bond donors (Lipinski definition) is 0. The van der Waals surface area contributed by atoms with Gasteiger partial charge in [0, 0.05) is 30.8 Å². The molecule has 1 saturated carbocycles. The number of benzene rings is 2. The molecular formula is C30H34O7. The number of hydrogen-bond acceptors (Lipinski definition) is 7. The SMILES string of the molecule is COC(=O)C=CCCCC[C@@H]1[C@@H](CCC=O)[C@H](OC(=O)c2ccccc2)C[C@@H]1OC(=O)c1ccccc1. The van der Waals surface area contributed by atoms with Gasteiger partial charge in [-0.25, -0.2) is 14.4 Å². The van der Waals surface area contributed by atoms with Gasteiger partial charge in [-0.2, -0.15) is 0 Å². The highest BCUT2D eigenvalue weighted by Gasteiger charge is 2.46. The van der Waals surface area contributed by atoms with E-state index in [9.17, 15) is 19.2 Å². The molecule has 0 heterocycles. The van der Waals surface area contributed by atoms with Crippen molar-refractivity contribution in [3.63, 3.8) is 0 Å². The molecule has 7 heteroatoms. The van der Waals surface area contributed by atoms with E-state index in [1.54, 1.807) is 54.6 Å². The lowest BCUT2D eigenvalue weighted by Crippen LogP contribution is -2.27. The van der Waals surface area contributed by atoms with E-state index in [0.29, 0.717) is 36.8 Å². The smallest absolute Gasteiger partial charge is 0.338 e. The Hall–Kier alpha value is -3.74. The summed E-state index contributed by atoms with van der Waals surface area (Å²) in [7, 11) is 1.34. The second kappa shape index (κ2) is 14.7. The third-order valence-corrected chi connectivity index (χ3v) is 6.74. The quantitative estimate of drug-likeness (QED) is 0.119. The Morgan fingerprint density at radius 2 is 1.32 bits per heavy atom. The van der Waals surface area contributed by atoms with Crippen LogP contribution < -0.4 is 0 Å². The van der Waals surface area contributed by atoms with Crippen LogP contribution in [0.4, 0.5) is 0 Å². The largest absolute Gasteiger partial charge is 0.466 e. The van der Waals surface area contributed by atoms with Crippen molar-refractivity contribution in [1.82, 2.24) is 0 Å². The lowest BCUT2D eigenvalue weighted by molar-refractivity contribution is -0.134. The molecule has 37 heavy (non-hydrogen) atoms. The summed E-state index contributed by atoms with van der Waals surface area (Å²) in [6, 6.07) is 17.6. The standard InChI is InChI=1S/C30H34O7/c1-35-28(32)19-11-3-2-10-17-24-25(18-12-20-31)27(37-30(34)23-15-8-5-9-16-23)21-26(24)36-29(33)22-13-6-4-7-14-22/h4-9,11,13-16,19-20,24-27H,2-3,10,12,17-18,21H2,1H3/t24-,25-,26+,27-/m1/s1. The molecule has 4 atom stereocenters. The first-order valence-corrected chi connectivity index (χ1v) is 12.7. The Kier molecular flexibility index (Phi) is 11.1. The average molecular weight is 507 g/mol. The van der Waals surface area contributed by atoms with Crippen LogP contribution in [0.25, 0.3) is 0 Å².